The fourth-order valence-corrected chi connectivity index (χ4v) is 5.96. The summed E-state index contributed by atoms with van der Waals surface area (Å²) in [5.41, 5.74) is 1.02. The molecular formula is C30H35F3N9O3P. The van der Waals surface area contributed by atoms with Crippen LogP contribution in [0.2, 0.25) is 0 Å². The molecule has 0 atom stereocenters. The fourth-order valence-electron chi connectivity index (χ4n) is 4.57. The van der Waals surface area contributed by atoms with Crippen molar-refractivity contribution in [1.29, 1.82) is 0 Å². The third-order valence-electron chi connectivity index (χ3n) is 6.80. The quantitative estimate of drug-likeness (QED) is 0.135. The van der Waals surface area contributed by atoms with Crippen molar-refractivity contribution in [3.63, 3.8) is 0 Å². The number of hydrogen-bond donors (Lipinski definition) is 3. The first-order valence-corrected chi connectivity index (χ1v) is 16.5. The van der Waals surface area contributed by atoms with E-state index in [0.29, 0.717) is 40.9 Å². The third-order valence-corrected chi connectivity index (χ3v) is 8.33. The number of hydrogen-bond acceptors (Lipinski definition) is 11. The number of rotatable bonds is 12. The van der Waals surface area contributed by atoms with Gasteiger partial charge in [-0.3, -0.25) is 14.8 Å². The minimum Gasteiger partial charge on any atom is -0.494 e. The van der Waals surface area contributed by atoms with Crippen molar-refractivity contribution in [3.05, 3.63) is 61.1 Å². The topological polar surface area (TPSA) is 138 Å². The van der Waals surface area contributed by atoms with Crippen LogP contribution in [0, 0.1) is 0 Å². The molecule has 46 heavy (non-hydrogen) atoms. The summed E-state index contributed by atoms with van der Waals surface area (Å²) in [5.74, 6) is -0.936. The van der Waals surface area contributed by atoms with E-state index in [1.807, 2.05) is 30.9 Å². The standard InChI is InChI=1S/C30H35F3N9O3P/c1-8-25(43)37-21-15-22(24(45-5)16-23(21)42(4)14-13-41(2)3)39-29-36-17-18(30(31,32)33)28(40-29)38-20-10-9-19-26(35-12-11-34-19)27(20)46(6,7)44/h8-12,15-17H,1,13-14H2,2-7H3,(H,37,43)(H2,36,38,39,40). The van der Waals surface area contributed by atoms with Gasteiger partial charge in [-0.05, 0) is 51.7 Å². The lowest BCUT2D eigenvalue weighted by Gasteiger charge is -2.26. The summed E-state index contributed by atoms with van der Waals surface area (Å²) in [6.45, 7) is 7.84. The van der Waals surface area contributed by atoms with Crippen LogP contribution >= 0.6 is 7.14 Å². The van der Waals surface area contributed by atoms with E-state index in [0.717, 1.165) is 12.6 Å². The van der Waals surface area contributed by atoms with Crippen molar-refractivity contribution in [2.75, 3.05) is 75.5 Å². The fraction of sp³-hybridized carbons (Fsp3) is 0.300. The Bertz CT molecular complexity index is 1810. The van der Waals surface area contributed by atoms with Gasteiger partial charge in [0.1, 0.15) is 29.8 Å². The highest BCUT2D eigenvalue weighted by Crippen LogP contribution is 2.43. The maximum Gasteiger partial charge on any atom is 0.421 e. The van der Waals surface area contributed by atoms with Gasteiger partial charge in [-0.2, -0.15) is 18.2 Å². The number of alkyl halides is 3. The van der Waals surface area contributed by atoms with Crippen molar-refractivity contribution in [2.24, 2.45) is 0 Å². The SMILES string of the molecule is C=CC(=O)Nc1cc(Nc2ncc(C(F)(F)F)c(Nc3ccc4nccnc4c3P(C)(C)=O)n2)c(OC)cc1N(C)CCN(C)C. The first-order valence-electron chi connectivity index (χ1n) is 13.9. The maximum atomic E-state index is 14.2. The molecule has 0 bridgehead atoms. The molecule has 0 fully saturated rings. The minimum atomic E-state index is -4.82. The maximum absolute atomic E-state index is 14.2. The normalized spacial score (nSPS) is 11.8. The molecule has 2 aromatic heterocycles. The molecule has 4 rings (SSSR count). The van der Waals surface area contributed by atoms with Crippen LogP contribution in [-0.4, -0.2) is 85.4 Å². The van der Waals surface area contributed by atoms with Crippen LogP contribution in [0.3, 0.4) is 0 Å². The minimum absolute atomic E-state index is 0.133. The molecule has 0 radical (unpaired) electrons. The van der Waals surface area contributed by atoms with Gasteiger partial charge in [0.05, 0.1) is 40.7 Å². The van der Waals surface area contributed by atoms with Crippen molar-refractivity contribution >= 4 is 63.9 Å². The Kier molecular flexibility index (Phi) is 10.2. The lowest BCUT2D eigenvalue weighted by molar-refractivity contribution is -0.137. The Morgan fingerprint density at radius 1 is 1.02 bits per heavy atom. The number of nitrogens with one attached hydrogen (secondary N) is 3. The van der Waals surface area contributed by atoms with Crippen LogP contribution in [0.5, 0.6) is 5.75 Å². The van der Waals surface area contributed by atoms with E-state index in [9.17, 15) is 22.5 Å². The molecule has 1 amide bonds. The van der Waals surface area contributed by atoms with Gasteiger partial charge in [0.15, 0.2) is 0 Å². The van der Waals surface area contributed by atoms with E-state index >= 15 is 0 Å². The second-order valence-corrected chi connectivity index (χ2v) is 14.1. The van der Waals surface area contributed by atoms with Crippen LogP contribution in [0.25, 0.3) is 11.0 Å². The van der Waals surface area contributed by atoms with Gasteiger partial charge in [-0.1, -0.05) is 6.58 Å². The van der Waals surface area contributed by atoms with E-state index < -0.39 is 30.6 Å². The van der Waals surface area contributed by atoms with Crippen LogP contribution < -0.4 is 30.9 Å². The molecule has 0 aliphatic rings. The van der Waals surface area contributed by atoms with Gasteiger partial charge >= 0.3 is 6.18 Å². The Balaban J connectivity index is 1.80. The highest BCUT2D eigenvalue weighted by Gasteiger charge is 2.36. The number of halogens is 3. The Morgan fingerprint density at radius 2 is 1.74 bits per heavy atom. The molecule has 2 aromatic carbocycles. The van der Waals surface area contributed by atoms with Crippen LogP contribution in [0.15, 0.2) is 55.5 Å². The lowest BCUT2D eigenvalue weighted by atomic mass is 10.2. The number of methoxy groups -OCH3 is 1. The van der Waals surface area contributed by atoms with Crippen molar-refractivity contribution in [1.82, 2.24) is 24.8 Å². The van der Waals surface area contributed by atoms with E-state index in [1.165, 1.54) is 38.9 Å². The van der Waals surface area contributed by atoms with Crippen LogP contribution in [0.1, 0.15) is 5.56 Å². The number of benzene rings is 2. The van der Waals surface area contributed by atoms with E-state index in [4.69, 9.17) is 4.74 Å². The summed E-state index contributed by atoms with van der Waals surface area (Å²) in [7, 11) is 4.08. The molecule has 2 heterocycles. The zero-order valence-corrected chi connectivity index (χ0v) is 27.1. The van der Waals surface area contributed by atoms with Gasteiger partial charge in [-0.15, -0.1) is 0 Å². The van der Waals surface area contributed by atoms with Crippen LogP contribution in [0.4, 0.5) is 47.7 Å². The summed E-state index contributed by atoms with van der Waals surface area (Å²) < 4.78 is 61.4. The number of fused-ring (bicyclic) bond motifs is 1. The highest BCUT2D eigenvalue weighted by molar-refractivity contribution is 7.71. The van der Waals surface area contributed by atoms with E-state index in [1.54, 1.807) is 18.2 Å². The molecule has 16 heteroatoms. The number of anilines is 6. The molecule has 244 valence electrons. The largest absolute Gasteiger partial charge is 0.494 e. The molecule has 3 N–H and O–H groups in total. The van der Waals surface area contributed by atoms with Gasteiger partial charge in [0.25, 0.3) is 0 Å². The van der Waals surface area contributed by atoms with Gasteiger partial charge < -0.3 is 35.1 Å². The molecule has 0 spiro atoms. The third kappa shape index (κ3) is 7.90. The number of aromatic nitrogens is 4. The van der Waals surface area contributed by atoms with E-state index in [-0.39, 0.29) is 22.6 Å². The molecule has 0 aliphatic heterocycles. The van der Waals surface area contributed by atoms with Gasteiger partial charge in [0.2, 0.25) is 11.9 Å². The monoisotopic (exact) mass is 657 g/mol. The number of amides is 1. The van der Waals surface area contributed by atoms with Crippen LogP contribution in [-0.2, 0) is 15.5 Å². The second-order valence-electron chi connectivity index (χ2n) is 10.9. The number of carbonyl (C=O) groups is 1. The van der Waals surface area contributed by atoms with E-state index in [2.05, 4.69) is 42.5 Å². The first-order chi connectivity index (χ1) is 21.6. The summed E-state index contributed by atoms with van der Waals surface area (Å²) in [6, 6.07) is 6.31. The molecular weight excluding hydrogens is 622 g/mol. The molecule has 0 aliphatic carbocycles. The zero-order valence-electron chi connectivity index (χ0n) is 26.2. The van der Waals surface area contributed by atoms with Crippen molar-refractivity contribution < 1.29 is 27.3 Å². The number of ether oxygens (including phenoxy) is 1. The Labute approximate surface area is 264 Å². The predicted octanol–water partition coefficient (Wildman–Crippen LogP) is 5.30. The summed E-state index contributed by atoms with van der Waals surface area (Å²) in [5, 5.41) is 8.65. The summed E-state index contributed by atoms with van der Waals surface area (Å²) in [4.78, 5) is 32.8. The summed E-state index contributed by atoms with van der Waals surface area (Å²) in [6.07, 6.45) is -0.166. The lowest BCUT2D eigenvalue weighted by Crippen LogP contribution is -2.29. The number of carbonyl (C=O) groups excluding carboxylic acids is 1. The molecule has 4 aromatic rings. The highest BCUT2D eigenvalue weighted by atomic mass is 31.2. The first kappa shape index (κ1) is 34.1. The average molecular weight is 658 g/mol. The second kappa shape index (κ2) is 13.7. The van der Waals surface area contributed by atoms with Crippen molar-refractivity contribution in [3.8, 4) is 5.75 Å². The molecule has 0 unspecified atom stereocenters. The Morgan fingerprint density at radius 3 is 2.37 bits per heavy atom. The summed E-state index contributed by atoms with van der Waals surface area (Å²) >= 11 is 0. The number of nitrogens with zero attached hydrogens (tertiary/aromatic N) is 6. The molecule has 12 nitrogen and oxygen atoms in total. The predicted molar refractivity (Wildman–Crippen MR) is 176 cm³/mol. The van der Waals surface area contributed by atoms with Gasteiger partial charge in [0, 0.05) is 44.8 Å². The smallest absolute Gasteiger partial charge is 0.421 e. The van der Waals surface area contributed by atoms with Crippen molar-refractivity contribution in [2.45, 2.75) is 6.18 Å². The zero-order chi connectivity index (χ0) is 33.8. The molecule has 0 saturated heterocycles. The number of likely N-dealkylation sites (N-methyl/N-ethyl adjacent to an activating group) is 2. The average Bonchev–Trinajstić information content (AvgIpc) is 2.98. The Hall–Kier alpha value is -4.75. The molecule has 0 saturated carbocycles. The van der Waals surface area contributed by atoms with Gasteiger partial charge in [-0.25, -0.2) is 4.98 Å².